The predicted octanol–water partition coefficient (Wildman–Crippen LogP) is 2.12. The van der Waals surface area contributed by atoms with Crippen molar-refractivity contribution in [3.8, 4) is 0 Å². The number of aromatic nitrogens is 4. The molecule has 0 saturated carbocycles. The molecule has 3 aromatic rings. The van der Waals surface area contributed by atoms with Crippen molar-refractivity contribution in [3.05, 3.63) is 24.2 Å². The number of aromatic amines is 1. The third kappa shape index (κ3) is 2.19. The van der Waals surface area contributed by atoms with Crippen molar-refractivity contribution in [2.24, 2.45) is 5.92 Å². The van der Waals surface area contributed by atoms with Gasteiger partial charge in [-0.25, -0.2) is 4.98 Å². The van der Waals surface area contributed by atoms with E-state index in [1.54, 1.807) is 6.20 Å². The molecule has 1 aliphatic heterocycles. The first kappa shape index (κ1) is 13.9. The van der Waals surface area contributed by atoms with Gasteiger partial charge in [0.2, 0.25) is 0 Å². The fourth-order valence-corrected chi connectivity index (χ4v) is 3.34. The van der Waals surface area contributed by atoms with Crippen LogP contribution in [0.25, 0.3) is 21.8 Å². The molecule has 23 heavy (non-hydrogen) atoms. The molecule has 1 unspecified atom stereocenters. The van der Waals surface area contributed by atoms with Crippen molar-refractivity contribution < 1.29 is 9.90 Å². The van der Waals surface area contributed by atoms with Crippen molar-refractivity contribution in [1.29, 1.82) is 0 Å². The van der Waals surface area contributed by atoms with Crippen LogP contribution in [0.1, 0.15) is 18.5 Å². The number of carboxylic acids is 1. The van der Waals surface area contributed by atoms with E-state index < -0.39 is 5.97 Å². The number of piperidine rings is 1. The number of aryl methyl sites for hydroxylation is 1. The molecular formula is C16H17N5O2. The highest BCUT2D eigenvalue weighted by Crippen LogP contribution is 2.33. The Morgan fingerprint density at radius 1 is 1.39 bits per heavy atom. The first-order valence-corrected chi connectivity index (χ1v) is 7.72. The van der Waals surface area contributed by atoms with Gasteiger partial charge in [0.25, 0.3) is 0 Å². The topological polar surface area (TPSA) is 95.0 Å². The van der Waals surface area contributed by atoms with Crippen molar-refractivity contribution >= 4 is 33.6 Å². The fourth-order valence-electron chi connectivity index (χ4n) is 3.34. The number of rotatable bonds is 2. The lowest BCUT2D eigenvalue weighted by atomic mass is 9.97. The molecule has 7 nitrogen and oxygen atoms in total. The first-order valence-electron chi connectivity index (χ1n) is 7.72. The van der Waals surface area contributed by atoms with Gasteiger partial charge in [-0.05, 0) is 25.8 Å². The highest BCUT2D eigenvalue weighted by molar-refractivity contribution is 6.10. The molecule has 0 aromatic carbocycles. The van der Waals surface area contributed by atoms with Gasteiger partial charge in [-0.1, -0.05) is 0 Å². The van der Waals surface area contributed by atoms with E-state index in [1.807, 2.05) is 24.1 Å². The minimum Gasteiger partial charge on any atom is -0.481 e. The number of nitrogens with zero attached hydrogens (tertiary/aromatic N) is 4. The Kier molecular flexibility index (Phi) is 3.14. The largest absolute Gasteiger partial charge is 0.481 e. The number of anilines is 1. The van der Waals surface area contributed by atoms with Crippen molar-refractivity contribution in [2.45, 2.75) is 19.8 Å². The second kappa shape index (κ2) is 5.19. The summed E-state index contributed by atoms with van der Waals surface area (Å²) in [4.78, 5) is 20.9. The smallest absolute Gasteiger partial charge is 0.308 e. The molecule has 0 spiro atoms. The molecule has 2 N–H and O–H groups in total. The number of carboxylic acid groups (broad SMARTS) is 1. The zero-order valence-electron chi connectivity index (χ0n) is 12.8. The third-order valence-electron chi connectivity index (χ3n) is 4.56. The molecule has 118 valence electrons. The average molecular weight is 311 g/mol. The van der Waals surface area contributed by atoms with Crippen LogP contribution in [-0.2, 0) is 4.79 Å². The van der Waals surface area contributed by atoms with Crippen LogP contribution in [0.2, 0.25) is 0 Å². The molecule has 0 aliphatic carbocycles. The summed E-state index contributed by atoms with van der Waals surface area (Å²) in [6.07, 6.45) is 5.22. The maximum atomic E-state index is 11.3. The lowest BCUT2D eigenvalue weighted by Gasteiger charge is -2.32. The SMILES string of the molecule is Cc1nnc(N2CCCC(C(=O)O)C2)c2c1cnc1[nH]ccc12. The van der Waals surface area contributed by atoms with E-state index in [4.69, 9.17) is 0 Å². The fraction of sp³-hybridized carbons (Fsp3) is 0.375. The van der Waals surface area contributed by atoms with E-state index in [2.05, 4.69) is 20.2 Å². The monoisotopic (exact) mass is 311 g/mol. The molecule has 1 atom stereocenters. The summed E-state index contributed by atoms with van der Waals surface area (Å²) < 4.78 is 0. The Bertz CT molecular complexity index is 904. The zero-order chi connectivity index (χ0) is 16.0. The van der Waals surface area contributed by atoms with E-state index in [9.17, 15) is 9.90 Å². The van der Waals surface area contributed by atoms with E-state index in [1.165, 1.54) is 0 Å². The van der Waals surface area contributed by atoms with E-state index in [-0.39, 0.29) is 5.92 Å². The lowest BCUT2D eigenvalue weighted by Crippen LogP contribution is -2.39. The van der Waals surface area contributed by atoms with Crippen LogP contribution in [0.15, 0.2) is 18.5 Å². The molecular weight excluding hydrogens is 294 g/mol. The van der Waals surface area contributed by atoms with Gasteiger partial charge >= 0.3 is 5.97 Å². The average Bonchev–Trinajstić information content (AvgIpc) is 3.04. The molecule has 4 rings (SSSR count). The van der Waals surface area contributed by atoms with Gasteiger partial charge in [-0.15, -0.1) is 5.10 Å². The maximum absolute atomic E-state index is 11.3. The Morgan fingerprint density at radius 2 is 2.26 bits per heavy atom. The van der Waals surface area contributed by atoms with Gasteiger partial charge in [-0.2, -0.15) is 5.10 Å². The summed E-state index contributed by atoms with van der Waals surface area (Å²) in [5.41, 5.74) is 1.63. The van der Waals surface area contributed by atoms with Gasteiger partial charge in [-0.3, -0.25) is 4.79 Å². The molecule has 0 radical (unpaired) electrons. The molecule has 7 heteroatoms. The standard InChI is InChI=1S/C16H17N5O2/c1-9-12-7-18-14-11(4-5-17-14)13(12)15(20-19-9)21-6-2-3-10(8-21)16(22)23/h4-5,7,10H,2-3,6,8H2,1H3,(H,17,18)(H,22,23). The number of fused-ring (bicyclic) bond motifs is 3. The van der Waals surface area contributed by atoms with Crippen LogP contribution in [0.4, 0.5) is 5.82 Å². The molecule has 1 aliphatic rings. The highest BCUT2D eigenvalue weighted by Gasteiger charge is 2.28. The third-order valence-corrected chi connectivity index (χ3v) is 4.56. The minimum atomic E-state index is -0.743. The predicted molar refractivity (Wildman–Crippen MR) is 86.5 cm³/mol. The lowest BCUT2D eigenvalue weighted by molar-refractivity contribution is -0.141. The number of carbonyl (C=O) groups is 1. The first-order chi connectivity index (χ1) is 11.1. The molecule has 3 aromatic heterocycles. The van der Waals surface area contributed by atoms with Crippen LogP contribution < -0.4 is 4.90 Å². The van der Waals surface area contributed by atoms with E-state index in [0.717, 1.165) is 46.3 Å². The minimum absolute atomic E-state index is 0.356. The summed E-state index contributed by atoms with van der Waals surface area (Å²) in [5, 5.41) is 20.9. The van der Waals surface area contributed by atoms with Crippen molar-refractivity contribution in [3.63, 3.8) is 0 Å². The summed E-state index contributed by atoms with van der Waals surface area (Å²) in [6.45, 7) is 3.18. The van der Waals surface area contributed by atoms with Crippen LogP contribution >= 0.6 is 0 Å². The highest BCUT2D eigenvalue weighted by atomic mass is 16.4. The molecule has 0 bridgehead atoms. The molecule has 4 heterocycles. The maximum Gasteiger partial charge on any atom is 0.308 e. The zero-order valence-corrected chi connectivity index (χ0v) is 12.8. The van der Waals surface area contributed by atoms with Gasteiger partial charge in [0.05, 0.1) is 11.6 Å². The number of H-pyrrole nitrogens is 1. The van der Waals surface area contributed by atoms with Gasteiger partial charge in [0.1, 0.15) is 5.65 Å². The van der Waals surface area contributed by atoms with Crippen molar-refractivity contribution in [1.82, 2.24) is 20.2 Å². The summed E-state index contributed by atoms with van der Waals surface area (Å²) in [5.74, 6) is -0.346. The second-order valence-electron chi connectivity index (χ2n) is 6.02. The number of aliphatic carboxylic acids is 1. The summed E-state index contributed by atoms with van der Waals surface area (Å²) >= 11 is 0. The van der Waals surface area contributed by atoms with Crippen LogP contribution in [0.3, 0.4) is 0 Å². The Balaban J connectivity index is 1.91. The molecule has 1 fully saturated rings. The number of nitrogens with one attached hydrogen (secondary N) is 1. The summed E-state index contributed by atoms with van der Waals surface area (Å²) in [7, 11) is 0. The normalized spacial score (nSPS) is 18.7. The van der Waals surface area contributed by atoms with Gasteiger partial charge in [0.15, 0.2) is 5.82 Å². The number of hydrogen-bond acceptors (Lipinski definition) is 5. The Hall–Kier alpha value is -2.70. The quantitative estimate of drug-likeness (QED) is 0.752. The Morgan fingerprint density at radius 3 is 3.09 bits per heavy atom. The van der Waals surface area contributed by atoms with Gasteiger partial charge < -0.3 is 15.0 Å². The van der Waals surface area contributed by atoms with Crippen LogP contribution in [-0.4, -0.2) is 44.3 Å². The van der Waals surface area contributed by atoms with Crippen LogP contribution in [0.5, 0.6) is 0 Å². The van der Waals surface area contributed by atoms with Gasteiger partial charge in [0, 0.05) is 41.6 Å². The van der Waals surface area contributed by atoms with E-state index in [0.29, 0.717) is 13.0 Å². The summed E-state index contributed by atoms with van der Waals surface area (Å²) in [6, 6.07) is 1.98. The molecule has 1 saturated heterocycles. The Labute approximate surface area is 132 Å². The molecule has 0 amide bonds. The van der Waals surface area contributed by atoms with Crippen LogP contribution in [0, 0.1) is 12.8 Å². The second-order valence-corrected chi connectivity index (χ2v) is 6.02. The number of hydrogen-bond donors (Lipinski definition) is 2. The van der Waals surface area contributed by atoms with E-state index >= 15 is 0 Å². The van der Waals surface area contributed by atoms with Crippen molar-refractivity contribution in [2.75, 3.05) is 18.0 Å². The number of pyridine rings is 1.